The molecular formula is C18H28N2O4. The molecule has 6 heteroatoms. The van der Waals surface area contributed by atoms with Crippen molar-refractivity contribution in [1.29, 1.82) is 0 Å². The highest BCUT2D eigenvalue weighted by molar-refractivity contribution is 5.76. The van der Waals surface area contributed by atoms with Crippen LogP contribution in [0.4, 0.5) is 0 Å². The Morgan fingerprint density at radius 2 is 1.83 bits per heavy atom. The number of carbonyl (C=O) groups is 1. The molecule has 0 aromatic heterocycles. The minimum absolute atomic E-state index is 0.190. The second kappa shape index (κ2) is 9.49. The zero-order valence-electron chi connectivity index (χ0n) is 14.9. The van der Waals surface area contributed by atoms with E-state index in [1.165, 1.54) is 5.56 Å². The van der Waals surface area contributed by atoms with Gasteiger partial charge in [-0.05, 0) is 42.6 Å². The van der Waals surface area contributed by atoms with E-state index in [-0.39, 0.29) is 5.91 Å². The van der Waals surface area contributed by atoms with E-state index in [1.807, 2.05) is 17.0 Å². The summed E-state index contributed by atoms with van der Waals surface area (Å²) in [5, 5.41) is 3.28. The van der Waals surface area contributed by atoms with Gasteiger partial charge in [0.25, 0.3) is 0 Å². The summed E-state index contributed by atoms with van der Waals surface area (Å²) in [6.45, 7) is 3.72. The van der Waals surface area contributed by atoms with Crippen molar-refractivity contribution in [2.75, 3.05) is 47.6 Å². The van der Waals surface area contributed by atoms with Gasteiger partial charge in [-0.1, -0.05) is 0 Å². The van der Waals surface area contributed by atoms with Crippen molar-refractivity contribution in [2.24, 2.45) is 0 Å². The first-order valence-corrected chi connectivity index (χ1v) is 8.40. The Labute approximate surface area is 144 Å². The molecule has 0 unspecified atom stereocenters. The lowest BCUT2D eigenvalue weighted by molar-refractivity contribution is -0.132. The third-order valence-electron chi connectivity index (χ3n) is 4.29. The van der Waals surface area contributed by atoms with E-state index in [0.717, 1.165) is 43.9 Å². The van der Waals surface area contributed by atoms with Crippen molar-refractivity contribution >= 4 is 5.91 Å². The van der Waals surface area contributed by atoms with Crippen molar-refractivity contribution in [3.8, 4) is 11.5 Å². The molecule has 0 atom stereocenters. The number of nitrogens with one attached hydrogen (secondary N) is 1. The van der Waals surface area contributed by atoms with E-state index in [9.17, 15) is 4.79 Å². The summed E-state index contributed by atoms with van der Waals surface area (Å²) >= 11 is 0. The van der Waals surface area contributed by atoms with Gasteiger partial charge in [0.1, 0.15) is 0 Å². The molecular weight excluding hydrogens is 308 g/mol. The zero-order chi connectivity index (χ0) is 17.4. The van der Waals surface area contributed by atoms with Gasteiger partial charge in [0, 0.05) is 39.8 Å². The summed E-state index contributed by atoms with van der Waals surface area (Å²) in [6, 6.07) is 4.00. The molecule has 24 heavy (non-hydrogen) atoms. The fourth-order valence-electron chi connectivity index (χ4n) is 2.92. The van der Waals surface area contributed by atoms with E-state index in [1.54, 1.807) is 21.3 Å². The number of rotatable bonds is 9. The summed E-state index contributed by atoms with van der Waals surface area (Å²) < 4.78 is 15.7. The van der Waals surface area contributed by atoms with E-state index in [0.29, 0.717) is 25.3 Å². The maximum atomic E-state index is 12.4. The Hall–Kier alpha value is -1.79. The first-order chi connectivity index (χ1) is 11.7. The predicted octanol–water partition coefficient (Wildman–Crippen LogP) is 1.60. The second-order valence-corrected chi connectivity index (χ2v) is 5.89. The Kier molecular flexibility index (Phi) is 7.34. The largest absolute Gasteiger partial charge is 0.493 e. The average Bonchev–Trinajstić information content (AvgIpc) is 2.62. The van der Waals surface area contributed by atoms with E-state index >= 15 is 0 Å². The molecule has 6 nitrogen and oxygen atoms in total. The van der Waals surface area contributed by atoms with Crippen LogP contribution >= 0.6 is 0 Å². The molecule has 1 N–H and O–H groups in total. The number of nitrogens with zero attached hydrogens (tertiary/aromatic N) is 1. The van der Waals surface area contributed by atoms with Crippen molar-refractivity contribution in [3.63, 3.8) is 0 Å². The minimum Gasteiger partial charge on any atom is -0.493 e. The van der Waals surface area contributed by atoms with Crippen molar-refractivity contribution in [3.05, 3.63) is 23.3 Å². The normalized spacial score (nSPS) is 13.5. The molecule has 2 rings (SSSR count). The molecule has 1 aromatic rings. The first kappa shape index (κ1) is 18.5. The fourth-order valence-corrected chi connectivity index (χ4v) is 2.92. The van der Waals surface area contributed by atoms with Crippen molar-refractivity contribution in [1.82, 2.24) is 10.2 Å². The molecule has 0 spiro atoms. The van der Waals surface area contributed by atoms with Crippen LogP contribution in [0.15, 0.2) is 12.1 Å². The van der Waals surface area contributed by atoms with Gasteiger partial charge in [0.05, 0.1) is 14.2 Å². The molecule has 1 aromatic carbocycles. The number of amides is 1. The second-order valence-electron chi connectivity index (χ2n) is 5.89. The highest BCUT2D eigenvalue weighted by Gasteiger charge is 2.22. The Bertz CT molecular complexity index is 548. The van der Waals surface area contributed by atoms with Gasteiger partial charge < -0.3 is 24.4 Å². The quantitative estimate of drug-likeness (QED) is 0.694. The number of fused-ring (bicyclic) bond motifs is 1. The van der Waals surface area contributed by atoms with Crippen LogP contribution in [-0.2, 0) is 22.5 Å². The Morgan fingerprint density at radius 1 is 1.12 bits per heavy atom. The highest BCUT2D eigenvalue weighted by atomic mass is 16.5. The van der Waals surface area contributed by atoms with Crippen LogP contribution in [0.2, 0.25) is 0 Å². The average molecular weight is 336 g/mol. The molecule has 1 aliphatic heterocycles. The summed E-state index contributed by atoms with van der Waals surface area (Å²) in [7, 11) is 4.97. The number of methoxy groups -OCH3 is 3. The topological polar surface area (TPSA) is 60.0 Å². The number of ether oxygens (including phenoxy) is 3. The smallest absolute Gasteiger partial charge is 0.224 e. The number of carbonyl (C=O) groups excluding carboxylic acids is 1. The zero-order valence-corrected chi connectivity index (χ0v) is 14.9. The number of hydrogen-bond acceptors (Lipinski definition) is 5. The first-order valence-electron chi connectivity index (χ1n) is 8.40. The molecule has 0 bridgehead atoms. The van der Waals surface area contributed by atoms with Crippen LogP contribution in [0.3, 0.4) is 0 Å². The number of hydrogen-bond donors (Lipinski definition) is 1. The molecule has 134 valence electrons. The third kappa shape index (κ3) is 4.85. The van der Waals surface area contributed by atoms with Crippen molar-refractivity contribution in [2.45, 2.75) is 25.8 Å². The molecule has 0 saturated carbocycles. The van der Waals surface area contributed by atoms with E-state index in [4.69, 9.17) is 14.2 Å². The van der Waals surface area contributed by atoms with Crippen molar-refractivity contribution < 1.29 is 19.0 Å². The van der Waals surface area contributed by atoms with Crippen LogP contribution in [-0.4, -0.2) is 58.4 Å². The number of benzene rings is 1. The monoisotopic (exact) mass is 336 g/mol. The maximum absolute atomic E-state index is 12.4. The minimum atomic E-state index is 0.190. The molecule has 1 aliphatic rings. The van der Waals surface area contributed by atoms with Crippen LogP contribution in [0.25, 0.3) is 0 Å². The van der Waals surface area contributed by atoms with Gasteiger partial charge in [-0.25, -0.2) is 0 Å². The Morgan fingerprint density at radius 3 is 2.50 bits per heavy atom. The molecule has 0 aliphatic carbocycles. The van der Waals surface area contributed by atoms with Crippen LogP contribution in [0.1, 0.15) is 24.0 Å². The van der Waals surface area contributed by atoms with Gasteiger partial charge in [-0.2, -0.15) is 0 Å². The van der Waals surface area contributed by atoms with Crippen LogP contribution in [0, 0.1) is 0 Å². The third-order valence-corrected chi connectivity index (χ3v) is 4.29. The molecule has 1 amide bonds. The maximum Gasteiger partial charge on any atom is 0.224 e. The SMILES string of the molecule is COCCCNCCC(=O)N1CCc2cc(OC)c(OC)cc2C1. The predicted molar refractivity (Wildman–Crippen MR) is 92.6 cm³/mol. The fraction of sp³-hybridized carbons (Fsp3) is 0.611. The molecule has 0 radical (unpaired) electrons. The molecule has 0 fully saturated rings. The van der Waals surface area contributed by atoms with Gasteiger partial charge in [0.2, 0.25) is 5.91 Å². The van der Waals surface area contributed by atoms with E-state index in [2.05, 4.69) is 5.32 Å². The van der Waals surface area contributed by atoms with Crippen LogP contribution in [0.5, 0.6) is 11.5 Å². The summed E-state index contributed by atoms with van der Waals surface area (Å²) in [5.41, 5.74) is 2.37. The highest BCUT2D eigenvalue weighted by Crippen LogP contribution is 2.33. The van der Waals surface area contributed by atoms with Gasteiger partial charge in [-0.3, -0.25) is 4.79 Å². The lowest BCUT2D eigenvalue weighted by atomic mass is 9.98. The molecule has 0 saturated heterocycles. The van der Waals surface area contributed by atoms with Gasteiger partial charge >= 0.3 is 0 Å². The van der Waals surface area contributed by atoms with E-state index < -0.39 is 0 Å². The lowest BCUT2D eigenvalue weighted by Gasteiger charge is -2.29. The standard InChI is InChI=1S/C18H28N2O4/c1-22-10-4-7-19-8-5-18(21)20-9-6-14-11-16(23-2)17(24-3)12-15(14)13-20/h11-12,19H,4-10,13H2,1-3H3. The Balaban J connectivity index is 1.86. The lowest BCUT2D eigenvalue weighted by Crippen LogP contribution is -2.37. The summed E-state index contributed by atoms with van der Waals surface area (Å²) in [4.78, 5) is 14.3. The summed E-state index contributed by atoms with van der Waals surface area (Å²) in [6.07, 6.45) is 2.34. The van der Waals surface area contributed by atoms with Gasteiger partial charge in [0.15, 0.2) is 11.5 Å². The molecule has 1 heterocycles. The summed E-state index contributed by atoms with van der Waals surface area (Å²) in [5.74, 6) is 1.65. The van der Waals surface area contributed by atoms with Gasteiger partial charge in [-0.15, -0.1) is 0 Å². The van der Waals surface area contributed by atoms with Crippen LogP contribution < -0.4 is 14.8 Å².